The lowest BCUT2D eigenvalue weighted by atomic mass is 10.1. The lowest BCUT2D eigenvalue weighted by Gasteiger charge is -2.07. The van der Waals surface area contributed by atoms with Crippen LogP contribution in [0.5, 0.6) is 0 Å². The zero-order chi connectivity index (χ0) is 25.1. The number of anilines is 1. The molecule has 1 N–H and O–H groups in total. The van der Waals surface area contributed by atoms with Gasteiger partial charge in [0.05, 0.1) is 23.5 Å². The minimum atomic E-state index is -0.780. The number of amides is 1. The maximum Gasteiger partial charge on any atom is 0.338 e. The number of carbonyl (C=O) groups is 4. The summed E-state index contributed by atoms with van der Waals surface area (Å²) in [4.78, 5) is 58.1. The lowest BCUT2D eigenvalue weighted by Crippen LogP contribution is -2.17. The SMILES string of the molecule is CCCCOC(=O)c1ccc(NC(=O)CCC(=O)OCC(=O)c2ccc(Cl)c([N+](=O)[O-])c2)cc1. The number of rotatable bonds is 12. The number of carbonyl (C=O) groups excluding carboxylic acids is 4. The molecule has 0 saturated carbocycles. The number of nitro groups is 1. The largest absolute Gasteiger partial charge is 0.462 e. The van der Waals surface area contributed by atoms with Crippen molar-refractivity contribution >= 4 is 46.6 Å². The summed E-state index contributed by atoms with van der Waals surface area (Å²) in [6.07, 6.45) is 1.22. The van der Waals surface area contributed by atoms with E-state index in [1.54, 1.807) is 0 Å². The Morgan fingerprint density at radius 1 is 1.00 bits per heavy atom. The summed E-state index contributed by atoms with van der Waals surface area (Å²) in [6, 6.07) is 9.61. The number of hydrogen-bond acceptors (Lipinski definition) is 8. The van der Waals surface area contributed by atoms with Crippen molar-refractivity contribution in [1.82, 2.24) is 0 Å². The normalized spacial score (nSPS) is 10.3. The Kier molecular flexibility index (Phi) is 10.2. The molecule has 11 heteroatoms. The number of unbranched alkanes of at least 4 members (excludes halogenated alkanes) is 1. The first-order chi connectivity index (χ1) is 16.2. The molecular weight excluding hydrogens is 468 g/mol. The predicted molar refractivity (Wildman–Crippen MR) is 123 cm³/mol. The Morgan fingerprint density at radius 2 is 1.68 bits per heavy atom. The van der Waals surface area contributed by atoms with Crippen LogP contribution < -0.4 is 5.32 Å². The molecule has 0 aromatic heterocycles. The molecule has 0 heterocycles. The maximum atomic E-state index is 12.1. The number of esters is 2. The van der Waals surface area contributed by atoms with Crippen LogP contribution in [-0.4, -0.2) is 41.8 Å². The summed E-state index contributed by atoms with van der Waals surface area (Å²) in [5.74, 6) is -2.34. The summed E-state index contributed by atoms with van der Waals surface area (Å²) in [7, 11) is 0. The van der Waals surface area contributed by atoms with Crippen molar-refractivity contribution in [2.45, 2.75) is 32.6 Å². The topological polar surface area (TPSA) is 142 Å². The van der Waals surface area contributed by atoms with Crippen LogP contribution in [0.1, 0.15) is 53.3 Å². The fourth-order valence-electron chi connectivity index (χ4n) is 2.65. The predicted octanol–water partition coefficient (Wildman–Crippen LogP) is 4.35. The Hall–Kier alpha value is -3.79. The van der Waals surface area contributed by atoms with Gasteiger partial charge < -0.3 is 14.8 Å². The van der Waals surface area contributed by atoms with Crippen molar-refractivity contribution in [1.29, 1.82) is 0 Å². The third-order valence-electron chi connectivity index (χ3n) is 4.52. The molecule has 0 unspecified atom stereocenters. The van der Waals surface area contributed by atoms with Gasteiger partial charge in [-0.15, -0.1) is 0 Å². The maximum absolute atomic E-state index is 12.1. The number of nitrogens with zero attached hydrogens (tertiary/aromatic N) is 1. The molecule has 34 heavy (non-hydrogen) atoms. The third kappa shape index (κ3) is 8.28. The number of benzene rings is 2. The summed E-state index contributed by atoms with van der Waals surface area (Å²) >= 11 is 5.70. The molecule has 0 fully saturated rings. The number of Topliss-reactive ketones (excluding diaryl/α,β-unsaturated/α-hetero) is 1. The van der Waals surface area contributed by atoms with Crippen LogP contribution in [0, 0.1) is 10.1 Å². The average Bonchev–Trinajstić information content (AvgIpc) is 2.81. The van der Waals surface area contributed by atoms with Gasteiger partial charge in [-0.3, -0.25) is 24.5 Å². The zero-order valence-corrected chi connectivity index (χ0v) is 19.1. The molecule has 0 atom stereocenters. The summed E-state index contributed by atoms with van der Waals surface area (Å²) in [5, 5.41) is 13.4. The third-order valence-corrected chi connectivity index (χ3v) is 4.84. The van der Waals surface area contributed by atoms with Crippen LogP contribution >= 0.6 is 11.6 Å². The van der Waals surface area contributed by atoms with E-state index in [1.807, 2.05) is 6.92 Å². The van der Waals surface area contributed by atoms with Crippen molar-refractivity contribution in [3.05, 3.63) is 68.7 Å². The Balaban J connectivity index is 1.76. The average molecular weight is 491 g/mol. The van der Waals surface area contributed by atoms with Crippen molar-refractivity contribution in [2.75, 3.05) is 18.5 Å². The van der Waals surface area contributed by atoms with Gasteiger partial charge in [-0.25, -0.2) is 4.79 Å². The molecule has 2 aromatic carbocycles. The van der Waals surface area contributed by atoms with Crippen molar-refractivity contribution < 1.29 is 33.6 Å². The fraction of sp³-hybridized carbons (Fsp3) is 0.304. The van der Waals surface area contributed by atoms with Gasteiger partial charge in [0.15, 0.2) is 6.61 Å². The van der Waals surface area contributed by atoms with E-state index in [0.29, 0.717) is 17.9 Å². The van der Waals surface area contributed by atoms with Gasteiger partial charge in [-0.05, 0) is 42.8 Å². The van der Waals surface area contributed by atoms with Crippen LogP contribution in [0.3, 0.4) is 0 Å². The van der Waals surface area contributed by atoms with Crippen LogP contribution in [-0.2, 0) is 19.1 Å². The van der Waals surface area contributed by atoms with Crippen LogP contribution in [0.2, 0.25) is 5.02 Å². The monoisotopic (exact) mass is 490 g/mol. The second-order valence-corrected chi connectivity index (χ2v) is 7.53. The summed E-state index contributed by atoms with van der Waals surface area (Å²) < 4.78 is 9.96. The summed E-state index contributed by atoms with van der Waals surface area (Å²) in [5.41, 5.74) is 0.326. The number of ketones is 1. The highest BCUT2D eigenvalue weighted by molar-refractivity contribution is 6.32. The number of nitrogens with one attached hydrogen (secondary N) is 1. The fourth-order valence-corrected chi connectivity index (χ4v) is 2.84. The Morgan fingerprint density at radius 3 is 2.32 bits per heavy atom. The molecule has 180 valence electrons. The van der Waals surface area contributed by atoms with Crippen molar-refractivity contribution in [3.8, 4) is 0 Å². The van der Waals surface area contributed by atoms with Gasteiger partial charge in [-0.1, -0.05) is 24.9 Å². The van der Waals surface area contributed by atoms with Gasteiger partial charge in [0.25, 0.3) is 5.69 Å². The smallest absolute Gasteiger partial charge is 0.338 e. The second-order valence-electron chi connectivity index (χ2n) is 7.12. The van der Waals surface area contributed by atoms with E-state index >= 15 is 0 Å². The molecule has 2 rings (SSSR count). The van der Waals surface area contributed by atoms with Gasteiger partial charge >= 0.3 is 11.9 Å². The molecule has 0 radical (unpaired) electrons. The van der Waals surface area contributed by atoms with E-state index in [4.69, 9.17) is 21.1 Å². The van der Waals surface area contributed by atoms with Gasteiger partial charge in [0.1, 0.15) is 5.02 Å². The molecule has 0 spiro atoms. The van der Waals surface area contributed by atoms with Crippen molar-refractivity contribution in [3.63, 3.8) is 0 Å². The highest BCUT2D eigenvalue weighted by atomic mass is 35.5. The van der Waals surface area contributed by atoms with E-state index in [1.165, 1.54) is 36.4 Å². The highest BCUT2D eigenvalue weighted by Crippen LogP contribution is 2.25. The van der Waals surface area contributed by atoms with E-state index in [2.05, 4.69) is 5.32 Å². The molecule has 2 aromatic rings. The molecule has 0 aliphatic rings. The summed E-state index contributed by atoms with van der Waals surface area (Å²) in [6.45, 7) is 1.70. The molecule has 0 saturated heterocycles. The minimum Gasteiger partial charge on any atom is -0.462 e. The van der Waals surface area contributed by atoms with Crippen LogP contribution in [0.25, 0.3) is 0 Å². The minimum absolute atomic E-state index is 0.0284. The van der Waals surface area contributed by atoms with Gasteiger partial charge in [-0.2, -0.15) is 0 Å². The van der Waals surface area contributed by atoms with Crippen LogP contribution in [0.15, 0.2) is 42.5 Å². The molecule has 0 aliphatic carbocycles. The number of ether oxygens (including phenoxy) is 2. The van der Waals surface area contributed by atoms with Gasteiger partial charge in [0, 0.05) is 23.7 Å². The Bertz CT molecular complexity index is 1070. The van der Waals surface area contributed by atoms with E-state index < -0.39 is 40.8 Å². The standard InChI is InChI=1S/C23H23ClN2O8/c1-2-3-12-33-23(30)15-4-7-17(8-5-15)25-21(28)10-11-22(29)34-14-20(27)16-6-9-18(24)19(13-16)26(31)32/h4-9,13H,2-3,10-12,14H2,1H3,(H,25,28). The highest BCUT2D eigenvalue weighted by Gasteiger charge is 2.18. The molecule has 1 amide bonds. The number of nitro benzene ring substituents is 1. The first kappa shape index (κ1) is 26.5. The van der Waals surface area contributed by atoms with Crippen LogP contribution in [0.4, 0.5) is 11.4 Å². The first-order valence-corrected chi connectivity index (χ1v) is 10.8. The van der Waals surface area contributed by atoms with E-state index in [9.17, 15) is 29.3 Å². The Labute approximate surface area is 200 Å². The number of hydrogen-bond donors (Lipinski definition) is 1. The number of halogens is 1. The quantitative estimate of drug-likeness (QED) is 0.152. The zero-order valence-electron chi connectivity index (χ0n) is 18.4. The van der Waals surface area contributed by atoms with Crippen molar-refractivity contribution in [2.24, 2.45) is 0 Å². The second kappa shape index (κ2) is 13.0. The molecule has 0 aliphatic heterocycles. The molecule has 0 bridgehead atoms. The van der Waals surface area contributed by atoms with E-state index in [0.717, 1.165) is 18.9 Å². The molecule has 10 nitrogen and oxygen atoms in total. The first-order valence-electron chi connectivity index (χ1n) is 10.4. The van der Waals surface area contributed by atoms with Gasteiger partial charge in [0.2, 0.25) is 11.7 Å². The van der Waals surface area contributed by atoms with E-state index in [-0.39, 0.29) is 23.4 Å². The lowest BCUT2D eigenvalue weighted by molar-refractivity contribution is -0.384. The molecular formula is C23H23ClN2O8.